The summed E-state index contributed by atoms with van der Waals surface area (Å²) in [5, 5.41) is 7.30. The molecule has 1 aromatic heterocycles. The third-order valence-electron chi connectivity index (χ3n) is 3.27. The second-order valence-corrected chi connectivity index (χ2v) is 4.25. The summed E-state index contributed by atoms with van der Waals surface area (Å²) in [6, 6.07) is 0.0206. The van der Waals surface area contributed by atoms with Crippen LogP contribution in [-0.4, -0.2) is 28.3 Å². The fraction of sp³-hybridized carbons (Fsp3) is 0.600. The number of rotatable bonds is 0. The minimum atomic E-state index is 0.0206. The first kappa shape index (κ1) is 8.76. The molecule has 2 aliphatic rings. The van der Waals surface area contributed by atoms with Gasteiger partial charge in [0.2, 0.25) is 5.91 Å². The van der Waals surface area contributed by atoms with Crippen LogP contribution in [0.5, 0.6) is 0 Å². The van der Waals surface area contributed by atoms with Crippen molar-refractivity contribution in [1.29, 1.82) is 0 Å². The summed E-state index contributed by atoms with van der Waals surface area (Å²) in [6.45, 7) is 2.89. The Morgan fingerprint density at radius 3 is 3.13 bits per heavy atom. The monoisotopic (exact) mass is 206 g/mol. The Bertz CT molecular complexity index is 437. The first-order valence-corrected chi connectivity index (χ1v) is 5.29. The Balaban J connectivity index is 2.17. The highest BCUT2D eigenvalue weighted by molar-refractivity contribution is 6.03. The number of carbonyl (C=O) groups excluding carboxylic acids is 1. The number of amides is 1. The van der Waals surface area contributed by atoms with E-state index < -0.39 is 0 Å². The van der Waals surface area contributed by atoms with Crippen molar-refractivity contribution < 1.29 is 4.79 Å². The third kappa shape index (κ3) is 1.03. The van der Waals surface area contributed by atoms with Gasteiger partial charge in [0, 0.05) is 13.6 Å². The second kappa shape index (κ2) is 2.74. The highest BCUT2D eigenvalue weighted by Gasteiger charge is 2.39. The largest absolute Gasteiger partial charge is 0.343 e. The van der Waals surface area contributed by atoms with Crippen molar-refractivity contribution >= 4 is 17.4 Å². The molecule has 1 amide bonds. The number of aryl methyl sites for hydroxylation is 2. The maximum absolute atomic E-state index is 11.8. The van der Waals surface area contributed by atoms with Crippen molar-refractivity contribution in [2.45, 2.75) is 25.8 Å². The predicted octanol–water partition coefficient (Wildman–Crippen LogP) is 0.649. The number of nitrogens with one attached hydrogen (secondary N) is 1. The van der Waals surface area contributed by atoms with Crippen molar-refractivity contribution in [2.75, 3.05) is 16.8 Å². The van der Waals surface area contributed by atoms with E-state index in [0.717, 1.165) is 36.6 Å². The molecule has 1 aromatic rings. The number of hydrogen-bond donors (Lipinski definition) is 1. The first-order valence-electron chi connectivity index (χ1n) is 5.29. The molecule has 0 saturated carbocycles. The zero-order valence-electron chi connectivity index (χ0n) is 8.95. The highest BCUT2D eigenvalue weighted by Crippen LogP contribution is 2.37. The van der Waals surface area contributed by atoms with E-state index >= 15 is 0 Å². The van der Waals surface area contributed by atoms with E-state index in [1.807, 2.05) is 18.7 Å². The fourth-order valence-electron chi connectivity index (χ4n) is 2.62. The van der Waals surface area contributed by atoms with Gasteiger partial charge < -0.3 is 10.2 Å². The molecule has 3 rings (SSSR count). The van der Waals surface area contributed by atoms with Crippen molar-refractivity contribution in [1.82, 2.24) is 9.78 Å². The molecule has 5 nitrogen and oxygen atoms in total. The second-order valence-electron chi connectivity index (χ2n) is 4.25. The number of nitrogens with zero attached hydrogens (tertiary/aromatic N) is 3. The van der Waals surface area contributed by atoms with Gasteiger partial charge in [-0.3, -0.25) is 9.48 Å². The SMILES string of the molecule is Cc1nn(C)c2c1NC(=O)[C@H]1CCCN21. The molecule has 0 aromatic carbocycles. The lowest BCUT2D eigenvalue weighted by Crippen LogP contribution is -2.44. The molecule has 0 spiro atoms. The minimum absolute atomic E-state index is 0.0206. The maximum Gasteiger partial charge on any atom is 0.247 e. The van der Waals surface area contributed by atoms with E-state index in [-0.39, 0.29) is 11.9 Å². The third-order valence-corrected chi connectivity index (χ3v) is 3.27. The van der Waals surface area contributed by atoms with Gasteiger partial charge in [-0.2, -0.15) is 5.10 Å². The molecule has 2 aliphatic heterocycles. The quantitative estimate of drug-likeness (QED) is 0.678. The molecular formula is C10H14N4O. The van der Waals surface area contributed by atoms with Gasteiger partial charge in [-0.15, -0.1) is 0 Å². The topological polar surface area (TPSA) is 50.2 Å². The number of anilines is 2. The number of aromatic nitrogens is 2. The van der Waals surface area contributed by atoms with Crippen LogP contribution >= 0.6 is 0 Å². The molecule has 0 bridgehead atoms. The van der Waals surface area contributed by atoms with Crippen LogP contribution in [0.15, 0.2) is 0 Å². The lowest BCUT2D eigenvalue weighted by Gasteiger charge is -2.31. The predicted molar refractivity (Wildman–Crippen MR) is 56.9 cm³/mol. The van der Waals surface area contributed by atoms with Crippen LogP contribution in [0, 0.1) is 6.92 Å². The summed E-state index contributed by atoms with van der Waals surface area (Å²) in [4.78, 5) is 14.0. The number of carbonyl (C=O) groups is 1. The van der Waals surface area contributed by atoms with Gasteiger partial charge in [0.25, 0.3) is 0 Å². The molecule has 0 unspecified atom stereocenters. The van der Waals surface area contributed by atoms with Crippen LogP contribution in [0.1, 0.15) is 18.5 Å². The van der Waals surface area contributed by atoms with Crippen molar-refractivity contribution in [2.24, 2.45) is 7.05 Å². The average Bonchev–Trinajstić information content (AvgIpc) is 2.73. The van der Waals surface area contributed by atoms with Crippen LogP contribution in [0.4, 0.5) is 11.5 Å². The van der Waals surface area contributed by atoms with E-state index in [2.05, 4.69) is 15.3 Å². The van der Waals surface area contributed by atoms with E-state index in [1.165, 1.54) is 0 Å². The molecular weight excluding hydrogens is 192 g/mol. The summed E-state index contributed by atoms with van der Waals surface area (Å²) >= 11 is 0. The molecule has 80 valence electrons. The molecule has 1 saturated heterocycles. The van der Waals surface area contributed by atoms with Gasteiger partial charge >= 0.3 is 0 Å². The van der Waals surface area contributed by atoms with Crippen LogP contribution in [0.3, 0.4) is 0 Å². The average molecular weight is 206 g/mol. The lowest BCUT2D eigenvalue weighted by molar-refractivity contribution is -0.117. The summed E-state index contributed by atoms with van der Waals surface area (Å²) in [5.41, 5.74) is 1.78. The van der Waals surface area contributed by atoms with E-state index in [0.29, 0.717) is 0 Å². The van der Waals surface area contributed by atoms with Crippen molar-refractivity contribution in [3.63, 3.8) is 0 Å². The Kier molecular flexibility index (Phi) is 1.60. The molecule has 5 heteroatoms. The lowest BCUT2D eigenvalue weighted by atomic mass is 10.1. The van der Waals surface area contributed by atoms with E-state index in [4.69, 9.17) is 0 Å². The Morgan fingerprint density at radius 1 is 1.53 bits per heavy atom. The normalized spacial score (nSPS) is 23.7. The van der Waals surface area contributed by atoms with Crippen LogP contribution < -0.4 is 10.2 Å². The van der Waals surface area contributed by atoms with Crippen molar-refractivity contribution in [3.05, 3.63) is 5.69 Å². The van der Waals surface area contributed by atoms with Gasteiger partial charge in [0.05, 0.1) is 5.69 Å². The molecule has 0 aliphatic carbocycles. The minimum Gasteiger partial charge on any atom is -0.343 e. The zero-order valence-corrected chi connectivity index (χ0v) is 8.95. The molecule has 1 N–H and O–H groups in total. The molecule has 1 atom stereocenters. The molecule has 15 heavy (non-hydrogen) atoms. The van der Waals surface area contributed by atoms with E-state index in [9.17, 15) is 4.79 Å². The molecule has 3 heterocycles. The van der Waals surface area contributed by atoms with Crippen LogP contribution in [0.25, 0.3) is 0 Å². The Hall–Kier alpha value is -1.52. The van der Waals surface area contributed by atoms with Crippen LogP contribution in [-0.2, 0) is 11.8 Å². The number of hydrogen-bond acceptors (Lipinski definition) is 3. The van der Waals surface area contributed by atoms with Crippen molar-refractivity contribution in [3.8, 4) is 0 Å². The maximum atomic E-state index is 11.8. The van der Waals surface area contributed by atoms with Gasteiger partial charge in [0.1, 0.15) is 11.7 Å². The van der Waals surface area contributed by atoms with Gasteiger partial charge in [-0.05, 0) is 19.8 Å². The van der Waals surface area contributed by atoms with Gasteiger partial charge in [-0.1, -0.05) is 0 Å². The molecule has 0 radical (unpaired) electrons. The summed E-state index contributed by atoms with van der Waals surface area (Å²) in [5.74, 6) is 1.19. The number of fused-ring (bicyclic) bond motifs is 3. The van der Waals surface area contributed by atoms with E-state index in [1.54, 1.807) is 0 Å². The smallest absolute Gasteiger partial charge is 0.247 e. The van der Waals surface area contributed by atoms with Gasteiger partial charge in [0.15, 0.2) is 5.82 Å². The summed E-state index contributed by atoms with van der Waals surface area (Å²) in [7, 11) is 1.93. The van der Waals surface area contributed by atoms with Crippen LogP contribution in [0.2, 0.25) is 0 Å². The standard InChI is InChI=1S/C10H14N4O/c1-6-8-10(13(2)12-6)14-5-3-4-7(14)9(15)11-8/h7H,3-5H2,1-2H3,(H,11,15)/t7-/m1/s1. The Morgan fingerprint density at radius 2 is 2.33 bits per heavy atom. The zero-order chi connectivity index (χ0) is 10.6. The Labute approximate surface area is 88.1 Å². The molecule has 1 fully saturated rings. The summed E-state index contributed by atoms with van der Waals surface area (Å²) in [6.07, 6.45) is 2.04. The van der Waals surface area contributed by atoms with Gasteiger partial charge in [-0.25, -0.2) is 0 Å². The fourth-order valence-corrected chi connectivity index (χ4v) is 2.62. The summed E-state index contributed by atoms with van der Waals surface area (Å²) < 4.78 is 1.86. The first-order chi connectivity index (χ1) is 7.18. The highest BCUT2D eigenvalue weighted by atomic mass is 16.2.